The SMILES string of the molecule is CCOC(=O)C12CC=C3CCCCC3C1C(=O)C=CC2=O. The smallest absolute Gasteiger partial charge is 0.321 e. The van der Waals surface area contributed by atoms with Gasteiger partial charge in [0.15, 0.2) is 11.6 Å². The maximum absolute atomic E-state index is 12.5. The maximum atomic E-state index is 12.5. The highest BCUT2D eigenvalue weighted by atomic mass is 16.5. The molecule has 4 heteroatoms. The standard InChI is InChI=1S/C17H20O4/c1-2-21-16(20)17-10-9-11-5-3-4-6-12(11)15(17)13(18)7-8-14(17)19/h7-9,12,15H,2-6,10H2,1H3. The molecule has 0 aromatic carbocycles. The number of carbonyl (C=O) groups is 3. The van der Waals surface area contributed by atoms with Crippen LogP contribution in [0.5, 0.6) is 0 Å². The number of hydrogen-bond donors (Lipinski definition) is 0. The molecule has 3 atom stereocenters. The highest BCUT2D eigenvalue weighted by molar-refractivity contribution is 6.18. The van der Waals surface area contributed by atoms with E-state index in [9.17, 15) is 14.4 Å². The van der Waals surface area contributed by atoms with Crippen LogP contribution in [0.2, 0.25) is 0 Å². The number of rotatable bonds is 2. The van der Waals surface area contributed by atoms with Crippen molar-refractivity contribution in [1.29, 1.82) is 0 Å². The molecule has 3 unspecified atom stereocenters. The van der Waals surface area contributed by atoms with Crippen molar-refractivity contribution in [2.24, 2.45) is 17.3 Å². The summed E-state index contributed by atoms with van der Waals surface area (Å²) in [5.41, 5.74) is -0.0597. The fraction of sp³-hybridized carbons (Fsp3) is 0.588. The van der Waals surface area contributed by atoms with E-state index in [0.29, 0.717) is 6.42 Å². The van der Waals surface area contributed by atoms with E-state index in [-0.39, 0.29) is 24.1 Å². The molecule has 0 heterocycles. The second-order valence-electron chi connectivity index (χ2n) is 6.10. The third-order valence-corrected chi connectivity index (χ3v) is 5.11. The van der Waals surface area contributed by atoms with Crippen LogP contribution in [-0.4, -0.2) is 24.1 Å². The Morgan fingerprint density at radius 3 is 2.90 bits per heavy atom. The van der Waals surface area contributed by atoms with Crippen molar-refractivity contribution < 1.29 is 19.1 Å². The summed E-state index contributed by atoms with van der Waals surface area (Å²) in [5, 5.41) is 0. The molecule has 0 bridgehead atoms. The Balaban J connectivity index is 2.10. The number of esters is 1. The van der Waals surface area contributed by atoms with Gasteiger partial charge in [0.05, 0.1) is 12.5 Å². The summed E-state index contributed by atoms with van der Waals surface area (Å²) >= 11 is 0. The predicted molar refractivity (Wildman–Crippen MR) is 76.4 cm³/mol. The predicted octanol–water partition coefficient (Wildman–Crippen LogP) is 2.38. The summed E-state index contributed by atoms with van der Waals surface area (Å²) in [6, 6.07) is 0. The first kappa shape index (κ1) is 14.2. The molecule has 0 spiro atoms. The average molecular weight is 288 g/mol. The van der Waals surface area contributed by atoms with E-state index in [1.807, 2.05) is 6.08 Å². The third kappa shape index (κ3) is 2.00. The van der Waals surface area contributed by atoms with E-state index in [2.05, 4.69) is 0 Å². The zero-order valence-electron chi connectivity index (χ0n) is 12.3. The highest BCUT2D eigenvalue weighted by Gasteiger charge is 2.60. The first-order valence-electron chi connectivity index (χ1n) is 7.73. The van der Waals surface area contributed by atoms with E-state index in [0.717, 1.165) is 25.7 Å². The van der Waals surface area contributed by atoms with Crippen molar-refractivity contribution in [1.82, 2.24) is 0 Å². The average Bonchev–Trinajstić information content (AvgIpc) is 2.50. The molecular formula is C17H20O4. The second kappa shape index (κ2) is 5.24. The van der Waals surface area contributed by atoms with Gasteiger partial charge in [0, 0.05) is 0 Å². The summed E-state index contributed by atoms with van der Waals surface area (Å²) in [7, 11) is 0. The van der Waals surface area contributed by atoms with Crippen molar-refractivity contribution in [3.63, 3.8) is 0 Å². The van der Waals surface area contributed by atoms with E-state index >= 15 is 0 Å². The van der Waals surface area contributed by atoms with Crippen molar-refractivity contribution in [2.75, 3.05) is 6.61 Å². The zero-order valence-corrected chi connectivity index (χ0v) is 12.3. The maximum Gasteiger partial charge on any atom is 0.321 e. The molecule has 0 aromatic rings. The Bertz CT molecular complexity index is 557. The fourth-order valence-corrected chi connectivity index (χ4v) is 4.14. The molecule has 0 aliphatic heterocycles. The van der Waals surface area contributed by atoms with Gasteiger partial charge in [-0.05, 0) is 50.7 Å². The topological polar surface area (TPSA) is 60.4 Å². The lowest BCUT2D eigenvalue weighted by atomic mass is 9.54. The van der Waals surface area contributed by atoms with Crippen LogP contribution in [0.4, 0.5) is 0 Å². The Kier molecular flexibility index (Phi) is 3.56. The lowest BCUT2D eigenvalue weighted by molar-refractivity contribution is -0.168. The van der Waals surface area contributed by atoms with E-state index in [1.54, 1.807) is 6.92 Å². The summed E-state index contributed by atoms with van der Waals surface area (Å²) < 4.78 is 5.16. The molecule has 112 valence electrons. The molecule has 0 radical (unpaired) electrons. The van der Waals surface area contributed by atoms with Gasteiger partial charge in [-0.1, -0.05) is 18.1 Å². The molecule has 4 nitrogen and oxygen atoms in total. The zero-order chi connectivity index (χ0) is 15.0. The van der Waals surface area contributed by atoms with Crippen molar-refractivity contribution in [3.8, 4) is 0 Å². The quantitative estimate of drug-likeness (QED) is 0.444. The normalized spacial score (nSPS) is 34.8. The van der Waals surface area contributed by atoms with Crippen LogP contribution in [-0.2, 0) is 19.1 Å². The molecule has 1 fully saturated rings. The van der Waals surface area contributed by atoms with Crippen LogP contribution in [0.3, 0.4) is 0 Å². The van der Waals surface area contributed by atoms with Crippen molar-refractivity contribution in [2.45, 2.75) is 39.0 Å². The minimum absolute atomic E-state index is 0.0262. The summed E-state index contributed by atoms with van der Waals surface area (Å²) in [4.78, 5) is 37.5. The number of fused-ring (bicyclic) bond motifs is 3. The Labute approximate surface area is 124 Å². The Hall–Kier alpha value is -1.71. The van der Waals surface area contributed by atoms with E-state index in [4.69, 9.17) is 4.74 Å². The lowest BCUT2D eigenvalue weighted by Gasteiger charge is -2.46. The van der Waals surface area contributed by atoms with E-state index in [1.165, 1.54) is 17.7 Å². The summed E-state index contributed by atoms with van der Waals surface area (Å²) in [5.74, 6) is -1.43. The number of hydrogen-bond acceptors (Lipinski definition) is 4. The molecular weight excluding hydrogens is 268 g/mol. The van der Waals surface area contributed by atoms with Gasteiger partial charge in [0.2, 0.25) is 0 Å². The monoisotopic (exact) mass is 288 g/mol. The van der Waals surface area contributed by atoms with Crippen LogP contribution < -0.4 is 0 Å². The van der Waals surface area contributed by atoms with Gasteiger partial charge in [-0.15, -0.1) is 0 Å². The number of allylic oxidation sites excluding steroid dienone is 4. The molecule has 21 heavy (non-hydrogen) atoms. The molecule has 3 rings (SSSR count). The third-order valence-electron chi connectivity index (χ3n) is 5.11. The molecule has 3 aliphatic rings. The molecule has 3 aliphatic carbocycles. The minimum atomic E-state index is -1.31. The van der Waals surface area contributed by atoms with Crippen LogP contribution >= 0.6 is 0 Å². The van der Waals surface area contributed by atoms with Crippen LogP contribution in [0, 0.1) is 17.3 Å². The minimum Gasteiger partial charge on any atom is -0.465 e. The van der Waals surface area contributed by atoms with Gasteiger partial charge in [0.25, 0.3) is 0 Å². The van der Waals surface area contributed by atoms with E-state index < -0.39 is 17.3 Å². The van der Waals surface area contributed by atoms with Crippen LogP contribution in [0.1, 0.15) is 39.0 Å². The first-order chi connectivity index (χ1) is 10.1. The van der Waals surface area contributed by atoms with Crippen molar-refractivity contribution >= 4 is 17.5 Å². The number of ether oxygens (including phenoxy) is 1. The van der Waals surface area contributed by atoms with Gasteiger partial charge in [-0.25, -0.2) is 0 Å². The summed E-state index contributed by atoms with van der Waals surface area (Å²) in [6.07, 6.45) is 8.95. The first-order valence-corrected chi connectivity index (χ1v) is 7.73. The number of ketones is 2. The molecule has 0 amide bonds. The molecule has 0 aromatic heterocycles. The Morgan fingerprint density at radius 1 is 1.33 bits per heavy atom. The van der Waals surface area contributed by atoms with Gasteiger partial charge in [0.1, 0.15) is 5.41 Å². The fourth-order valence-electron chi connectivity index (χ4n) is 4.14. The molecule has 1 saturated carbocycles. The van der Waals surface area contributed by atoms with Crippen molar-refractivity contribution in [3.05, 3.63) is 23.8 Å². The Morgan fingerprint density at radius 2 is 2.14 bits per heavy atom. The molecule has 0 N–H and O–H groups in total. The summed E-state index contributed by atoms with van der Waals surface area (Å²) in [6.45, 7) is 1.94. The van der Waals surface area contributed by atoms with Gasteiger partial charge >= 0.3 is 5.97 Å². The highest BCUT2D eigenvalue weighted by Crippen LogP contribution is 2.52. The van der Waals surface area contributed by atoms with Crippen LogP contribution in [0.25, 0.3) is 0 Å². The van der Waals surface area contributed by atoms with Crippen LogP contribution in [0.15, 0.2) is 23.8 Å². The lowest BCUT2D eigenvalue weighted by Crippen LogP contribution is -2.55. The second-order valence-corrected chi connectivity index (χ2v) is 6.10. The van der Waals surface area contributed by atoms with Gasteiger partial charge < -0.3 is 4.74 Å². The molecule has 0 saturated heterocycles. The van der Waals surface area contributed by atoms with Gasteiger partial charge in [-0.3, -0.25) is 14.4 Å². The largest absolute Gasteiger partial charge is 0.465 e. The number of carbonyl (C=O) groups excluding carboxylic acids is 3. The van der Waals surface area contributed by atoms with Gasteiger partial charge in [-0.2, -0.15) is 0 Å².